The van der Waals surface area contributed by atoms with Crippen molar-refractivity contribution in [3.05, 3.63) is 0 Å². The molecule has 0 fully saturated rings. The predicted molar refractivity (Wildman–Crippen MR) is 29.0 cm³/mol. The van der Waals surface area contributed by atoms with Crippen LogP contribution in [0.5, 0.6) is 0 Å². The second-order valence-corrected chi connectivity index (χ2v) is 2.76. The van der Waals surface area contributed by atoms with Crippen LogP contribution in [0.1, 0.15) is 13.8 Å². The summed E-state index contributed by atoms with van der Waals surface area (Å²) < 4.78 is 21.1. The molecule has 44 valence electrons. The third-order valence-electron chi connectivity index (χ3n) is 0.464. The van der Waals surface area contributed by atoms with E-state index >= 15 is 0 Å². The zero-order chi connectivity index (χ0) is 5.86. The maximum absolute atomic E-state index is 11.4. The molecule has 1 unspecified atom stereocenters. The molecule has 0 aliphatic rings. The zero-order valence-electron chi connectivity index (χ0n) is 4.48. The Labute approximate surface area is 46.4 Å². The van der Waals surface area contributed by atoms with Crippen molar-refractivity contribution in [1.29, 1.82) is 0 Å². The lowest BCUT2D eigenvalue weighted by Crippen LogP contribution is -2.04. The van der Waals surface area contributed by atoms with Gasteiger partial charge in [-0.05, 0) is 0 Å². The van der Waals surface area contributed by atoms with Crippen molar-refractivity contribution in [2.45, 2.75) is 13.8 Å². The van der Waals surface area contributed by atoms with Crippen molar-refractivity contribution in [2.75, 3.05) is 5.75 Å². The van der Waals surface area contributed by atoms with Crippen LogP contribution in [0.25, 0.3) is 0 Å². The van der Waals surface area contributed by atoms with Crippen LogP contribution in [-0.2, 0) is 11.6 Å². The Morgan fingerprint density at radius 2 is 2.14 bits per heavy atom. The second-order valence-electron chi connectivity index (χ2n) is 1.85. The monoisotopic (exact) mass is 124 g/mol. The Kier molecular flexibility index (Phi) is 3.38. The first-order valence-corrected chi connectivity index (χ1v) is 3.39. The Balaban J connectivity index is 2.95. The van der Waals surface area contributed by atoms with Gasteiger partial charge in [-0.2, -0.15) is 0 Å². The van der Waals surface area contributed by atoms with Crippen molar-refractivity contribution in [2.24, 2.45) is 5.92 Å². The fourth-order valence-electron chi connectivity index (χ4n) is 0.262. The summed E-state index contributed by atoms with van der Waals surface area (Å²) in [5.74, 6) is 0.367. The maximum Gasteiger partial charge on any atom is 0.177 e. The van der Waals surface area contributed by atoms with E-state index in [1.54, 1.807) is 0 Å². The number of halogens is 1. The van der Waals surface area contributed by atoms with Gasteiger partial charge >= 0.3 is 0 Å². The number of hydrogen-bond acceptors (Lipinski definition) is 1. The summed E-state index contributed by atoms with van der Waals surface area (Å²) in [7, 11) is 0. The van der Waals surface area contributed by atoms with E-state index in [0.717, 1.165) is 0 Å². The first kappa shape index (κ1) is 7.24. The summed E-state index contributed by atoms with van der Waals surface area (Å²) >= 11 is -2.10. The summed E-state index contributed by atoms with van der Waals surface area (Å²) in [5.41, 5.74) is 0. The minimum atomic E-state index is -2.10. The van der Waals surface area contributed by atoms with Gasteiger partial charge in [0.2, 0.25) is 0 Å². The van der Waals surface area contributed by atoms with Crippen LogP contribution in [-0.4, -0.2) is 10.3 Å². The lowest BCUT2D eigenvalue weighted by atomic mass is 10.3. The van der Waals surface area contributed by atoms with Gasteiger partial charge in [0.1, 0.15) is 5.75 Å². The Bertz CT molecular complexity index is 41.0. The molecule has 0 spiro atoms. The molecule has 1 nitrogen and oxygen atoms in total. The van der Waals surface area contributed by atoms with Crippen LogP contribution in [0.15, 0.2) is 0 Å². The van der Waals surface area contributed by atoms with Crippen LogP contribution in [0.4, 0.5) is 3.89 Å². The third-order valence-corrected chi connectivity index (χ3v) is 1.39. The van der Waals surface area contributed by atoms with Gasteiger partial charge in [0, 0.05) is 9.80 Å². The van der Waals surface area contributed by atoms with Gasteiger partial charge < -0.3 is 4.55 Å². The minimum Gasteiger partial charge on any atom is -0.581 e. The first-order chi connectivity index (χ1) is 3.13. The molecule has 0 heterocycles. The van der Waals surface area contributed by atoms with Crippen molar-refractivity contribution in [3.63, 3.8) is 0 Å². The average molecular weight is 124 g/mol. The molecule has 0 saturated heterocycles. The Hall–Kier alpha value is 0.240. The zero-order valence-corrected chi connectivity index (χ0v) is 5.30. The molecule has 1 atom stereocenters. The van der Waals surface area contributed by atoms with E-state index in [0.29, 0.717) is 0 Å². The lowest BCUT2D eigenvalue weighted by Gasteiger charge is -1.98. The molecule has 0 aromatic carbocycles. The molecule has 0 rings (SSSR count). The highest BCUT2D eigenvalue weighted by Crippen LogP contribution is 1.99. The SMILES string of the molecule is CC(C)C[S+]([O-])F. The van der Waals surface area contributed by atoms with Crippen LogP contribution in [0.3, 0.4) is 0 Å². The van der Waals surface area contributed by atoms with E-state index in [-0.39, 0.29) is 11.7 Å². The smallest absolute Gasteiger partial charge is 0.177 e. The van der Waals surface area contributed by atoms with Crippen molar-refractivity contribution in [1.82, 2.24) is 0 Å². The van der Waals surface area contributed by atoms with Gasteiger partial charge in [-0.3, -0.25) is 0 Å². The largest absolute Gasteiger partial charge is 0.581 e. The topological polar surface area (TPSA) is 23.1 Å². The van der Waals surface area contributed by atoms with Gasteiger partial charge in [0.05, 0.1) is 0 Å². The van der Waals surface area contributed by atoms with E-state index in [4.69, 9.17) is 0 Å². The highest BCUT2D eigenvalue weighted by atomic mass is 32.3. The molecule has 0 aliphatic carbocycles. The predicted octanol–water partition coefficient (Wildman–Crippen LogP) is 1.28. The van der Waals surface area contributed by atoms with Crippen LogP contribution >= 0.6 is 0 Å². The van der Waals surface area contributed by atoms with Gasteiger partial charge in [0.25, 0.3) is 0 Å². The molecule has 0 aromatic heterocycles. The van der Waals surface area contributed by atoms with Gasteiger partial charge in [-0.1, -0.05) is 13.8 Å². The molecule has 0 aliphatic heterocycles. The van der Waals surface area contributed by atoms with E-state index in [2.05, 4.69) is 0 Å². The van der Waals surface area contributed by atoms with Gasteiger partial charge in [0.15, 0.2) is 11.6 Å². The Morgan fingerprint density at radius 1 is 1.71 bits per heavy atom. The summed E-state index contributed by atoms with van der Waals surface area (Å²) in [6.45, 7) is 3.66. The Morgan fingerprint density at radius 3 is 2.14 bits per heavy atom. The summed E-state index contributed by atoms with van der Waals surface area (Å²) in [4.78, 5) is 0. The van der Waals surface area contributed by atoms with E-state index in [1.807, 2.05) is 13.8 Å². The second kappa shape index (κ2) is 3.27. The summed E-state index contributed by atoms with van der Waals surface area (Å²) in [5, 5.41) is 0. The molecule has 0 aromatic rings. The molecular formula is C4H9FOS. The molecule has 0 radical (unpaired) electrons. The highest BCUT2D eigenvalue weighted by Gasteiger charge is 2.05. The van der Waals surface area contributed by atoms with Crippen molar-refractivity contribution in [3.8, 4) is 0 Å². The molecular weight excluding hydrogens is 115 g/mol. The fraction of sp³-hybridized carbons (Fsp3) is 1.00. The summed E-state index contributed by atoms with van der Waals surface area (Å²) in [6.07, 6.45) is 0. The number of hydrogen-bond donors (Lipinski definition) is 0. The summed E-state index contributed by atoms with van der Waals surface area (Å²) in [6, 6.07) is 0. The first-order valence-electron chi connectivity index (χ1n) is 2.17. The van der Waals surface area contributed by atoms with Gasteiger partial charge in [-0.25, -0.2) is 0 Å². The maximum atomic E-state index is 11.4. The van der Waals surface area contributed by atoms with Crippen LogP contribution in [0, 0.1) is 5.92 Å². The van der Waals surface area contributed by atoms with E-state index in [1.165, 1.54) is 0 Å². The molecule has 7 heavy (non-hydrogen) atoms. The molecule has 0 amide bonds. The standard InChI is InChI=1S/C4H9FOS/c1-4(2)3-7(5)6/h4H,3H2,1-2H3. The van der Waals surface area contributed by atoms with Gasteiger partial charge in [-0.15, -0.1) is 0 Å². The number of rotatable bonds is 2. The minimum absolute atomic E-state index is 0.167. The van der Waals surface area contributed by atoms with Crippen molar-refractivity contribution >= 4 is 11.6 Å². The quantitative estimate of drug-likeness (QED) is 0.508. The van der Waals surface area contributed by atoms with E-state index in [9.17, 15) is 8.44 Å². The molecule has 0 bridgehead atoms. The third kappa shape index (κ3) is 6.24. The van der Waals surface area contributed by atoms with Crippen LogP contribution < -0.4 is 0 Å². The fourth-order valence-corrected chi connectivity index (χ4v) is 0.786. The normalized spacial score (nSPS) is 15.0. The molecule has 3 heteroatoms. The molecule has 0 saturated carbocycles. The molecule has 0 N–H and O–H groups in total. The average Bonchev–Trinajstić information content (AvgIpc) is 1.27. The van der Waals surface area contributed by atoms with Crippen molar-refractivity contribution < 1.29 is 8.44 Å². The lowest BCUT2D eigenvalue weighted by molar-refractivity contribution is 0.538. The van der Waals surface area contributed by atoms with Crippen LogP contribution in [0.2, 0.25) is 0 Å². The highest BCUT2D eigenvalue weighted by molar-refractivity contribution is 7.86. The van der Waals surface area contributed by atoms with E-state index < -0.39 is 11.6 Å².